The van der Waals surface area contributed by atoms with Crippen molar-refractivity contribution in [2.24, 2.45) is 5.84 Å². The predicted octanol–water partition coefficient (Wildman–Crippen LogP) is 2.33. The van der Waals surface area contributed by atoms with E-state index in [2.05, 4.69) is 15.7 Å². The van der Waals surface area contributed by atoms with Crippen molar-refractivity contribution in [3.8, 4) is 0 Å². The minimum absolute atomic E-state index is 0.112. The number of rotatable bonds is 4. The van der Waals surface area contributed by atoms with E-state index in [4.69, 9.17) is 5.84 Å². The van der Waals surface area contributed by atoms with E-state index in [9.17, 15) is 10.1 Å². The molecule has 0 aliphatic carbocycles. The maximum absolute atomic E-state index is 10.9. The van der Waals surface area contributed by atoms with Crippen LogP contribution in [0.5, 0.6) is 0 Å². The van der Waals surface area contributed by atoms with Gasteiger partial charge in [0.25, 0.3) is 0 Å². The van der Waals surface area contributed by atoms with Crippen molar-refractivity contribution in [3.63, 3.8) is 0 Å². The summed E-state index contributed by atoms with van der Waals surface area (Å²) in [5.41, 5.74) is 4.06. The van der Waals surface area contributed by atoms with Crippen molar-refractivity contribution in [2.75, 3.05) is 10.7 Å². The largest absolute Gasteiger partial charge is 0.334 e. The standard InChI is InChI=1S/C12H13N5O2/c1-8-2-4-9(5-3-8)14-12-10(17(18)19)6-7-11(15-12)16-13/h2-7H,13H2,1H3,(H2,14,15,16). The Bertz CT molecular complexity index is 598. The Labute approximate surface area is 109 Å². The molecular weight excluding hydrogens is 246 g/mol. The van der Waals surface area contributed by atoms with Gasteiger partial charge in [0.05, 0.1) is 4.92 Å². The van der Waals surface area contributed by atoms with E-state index >= 15 is 0 Å². The zero-order valence-electron chi connectivity index (χ0n) is 10.3. The van der Waals surface area contributed by atoms with Crippen molar-refractivity contribution in [2.45, 2.75) is 6.92 Å². The zero-order valence-corrected chi connectivity index (χ0v) is 10.3. The topological polar surface area (TPSA) is 106 Å². The minimum atomic E-state index is -0.496. The van der Waals surface area contributed by atoms with Crippen LogP contribution in [0.2, 0.25) is 0 Å². The summed E-state index contributed by atoms with van der Waals surface area (Å²) in [4.78, 5) is 14.5. The van der Waals surface area contributed by atoms with Gasteiger partial charge in [-0.05, 0) is 25.1 Å². The fraction of sp³-hybridized carbons (Fsp3) is 0.0833. The number of hydrazine groups is 1. The van der Waals surface area contributed by atoms with Crippen molar-refractivity contribution in [3.05, 3.63) is 52.1 Å². The molecule has 19 heavy (non-hydrogen) atoms. The fourth-order valence-electron chi connectivity index (χ4n) is 1.55. The molecule has 1 aromatic carbocycles. The molecule has 0 radical (unpaired) electrons. The van der Waals surface area contributed by atoms with Crippen LogP contribution in [-0.2, 0) is 0 Å². The summed E-state index contributed by atoms with van der Waals surface area (Å²) in [5, 5.41) is 13.8. The minimum Gasteiger partial charge on any atom is -0.334 e. The molecule has 1 aromatic heterocycles. The van der Waals surface area contributed by atoms with Crippen LogP contribution in [0.4, 0.5) is 23.0 Å². The van der Waals surface area contributed by atoms with Crippen LogP contribution < -0.4 is 16.6 Å². The summed E-state index contributed by atoms with van der Waals surface area (Å²) in [6.07, 6.45) is 0. The average Bonchev–Trinajstić information content (AvgIpc) is 2.41. The number of pyridine rings is 1. The molecule has 0 fully saturated rings. The van der Waals surface area contributed by atoms with Crippen LogP contribution in [0, 0.1) is 17.0 Å². The monoisotopic (exact) mass is 259 g/mol. The number of nitrogens with two attached hydrogens (primary N) is 1. The number of nitrogen functional groups attached to an aromatic ring is 1. The van der Waals surface area contributed by atoms with E-state index in [-0.39, 0.29) is 11.5 Å². The Hall–Kier alpha value is -2.67. The van der Waals surface area contributed by atoms with Crippen LogP contribution in [0.1, 0.15) is 5.56 Å². The number of anilines is 3. The van der Waals surface area contributed by atoms with Gasteiger partial charge in [-0.1, -0.05) is 17.7 Å². The van der Waals surface area contributed by atoms with Crippen molar-refractivity contribution in [1.82, 2.24) is 4.98 Å². The summed E-state index contributed by atoms with van der Waals surface area (Å²) in [6.45, 7) is 1.96. The van der Waals surface area contributed by atoms with Gasteiger partial charge in [0.15, 0.2) is 0 Å². The van der Waals surface area contributed by atoms with Crippen molar-refractivity contribution in [1.29, 1.82) is 0 Å². The number of aryl methyl sites for hydroxylation is 1. The van der Waals surface area contributed by atoms with Crippen LogP contribution >= 0.6 is 0 Å². The molecule has 0 spiro atoms. The highest BCUT2D eigenvalue weighted by atomic mass is 16.6. The highest BCUT2D eigenvalue weighted by Crippen LogP contribution is 2.26. The van der Waals surface area contributed by atoms with Crippen molar-refractivity contribution < 1.29 is 4.92 Å². The molecule has 7 nitrogen and oxygen atoms in total. The predicted molar refractivity (Wildman–Crippen MR) is 73.2 cm³/mol. The van der Waals surface area contributed by atoms with E-state index in [1.165, 1.54) is 12.1 Å². The normalized spacial score (nSPS) is 10.0. The molecule has 4 N–H and O–H groups in total. The van der Waals surface area contributed by atoms with Gasteiger partial charge in [0.2, 0.25) is 5.82 Å². The highest BCUT2D eigenvalue weighted by Gasteiger charge is 2.16. The van der Waals surface area contributed by atoms with Crippen LogP contribution in [0.15, 0.2) is 36.4 Å². The first-order valence-corrected chi connectivity index (χ1v) is 5.56. The molecule has 0 saturated heterocycles. The summed E-state index contributed by atoms with van der Waals surface area (Å²) in [5.74, 6) is 5.74. The van der Waals surface area contributed by atoms with E-state index in [1.807, 2.05) is 31.2 Å². The Morgan fingerprint density at radius 2 is 1.89 bits per heavy atom. The summed E-state index contributed by atoms with van der Waals surface area (Å²) < 4.78 is 0. The lowest BCUT2D eigenvalue weighted by Crippen LogP contribution is -2.10. The SMILES string of the molecule is Cc1ccc(Nc2nc(NN)ccc2[N+](=O)[O-])cc1. The van der Waals surface area contributed by atoms with Crippen LogP contribution in [0.25, 0.3) is 0 Å². The number of nitro groups is 1. The number of hydrogen-bond donors (Lipinski definition) is 3. The first kappa shape index (κ1) is 12.8. The second-order valence-corrected chi connectivity index (χ2v) is 3.96. The molecule has 2 rings (SSSR count). The van der Waals surface area contributed by atoms with Crippen molar-refractivity contribution >= 4 is 23.0 Å². The quantitative estimate of drug-likeness (QED) is 0.442. The van der Waals surface area contributed by atoms with Crippen LogP contribution in [0.3, 0.4) is 0 Å². The Balaban J connectivity index is 2.36. The Kier molecular flexibility index (Phi) is 3.58. The lowest BCUT2D eigenvalue weighted by Gasteiger charge is -2.08. The van der Waals surface area contributed by atoms with Gasteiger partial charge in [0, 0.05) is 11.8 Å². The summed E-state index contributed by atoms with van der Waals surface area (Å²) >= 11 is 0. The highest BCUT2D eigenvalue weighted by molar-refractivity contribution is 5.67. The molecule has 2 aromatic rings. The van der Waals surface area contributed by atoms with Gasteiger partial charge in [-0.15, -0.1) is 0 Å². The fourth-order valence-corrected chi connectivity index (χ4v) is 1.55. The number of nitrogens with one attached hydrogen (secondary N) is 2. The lowest BCUT2D eigenvalue weighted by molar-refractivity contribution is -0.384. The second-order valence-electron chi connectivity index (χ2n) is 3.96. The third-order valence-electron chi connectivity index (χ3n) is 2.53. The van der Waals surface area contributed by atoms with Gasteiger partial charge in [0.1, 0.15) is 5.82 Å². The van der Waals surface area contributed by atoms with E-state index in [1.54, 1.807) is 0 Å². The molecule has 98 valence electrons. The summed E-state index contributed by atoms with van der Waals surface area (Å²) in [7, 11) is 0. The molecule has 0 atom stereocenters. The molecular formula is C12H13N5O2. The third kappa shape index (κ3) is 2.96. The molecule has 0 aliphatic rings. The third-order valence-corrected chi connectivity index (χ3v) is 2.53. The average molecular weight is 259 g/mol. The van der Waals surface area contributed by atoms with Gasteiger partial charge >= 0.3 is 5.69 Å². The first-order chi connectivity index (χ1) is 9.10. The smallest absolute Gasteiger partial charge is 0.311 e. The van der Waals surface area contributed by atoms with Gasteiger partial charge < -0.3 is 10.7 Å². The first-order valence-electron chi connectivity index (χ1n) is 5.56. The molecule has 0 bridgehead atoms. The Morgan fingerprint density at radius 1 is 1.21 bits per heavy atom. The molecule has 7 heteroatoms. The van der Waals surface area contributed by atoms with E-state index < -0.39 is 4.92 Å². The lowest BCUT2D eigenvalue weighted by atomic mass is 10.2. The van der Waals surface area contributed by atoms with Gasteiger partial charge in [-0.3, -0.25) is 10.1 Å². The number of hydrogen-bond acceptors (Lipinski definition) is 6. The Morgan fingerprint density at radius 3 is 2.47 bits per heavy atom. The maximum atomic E-state index is 10.9. The summed E-state index contributed by atoms with van der Waals surface area (Å²) in [6, 6.07) is 10.2. The maximum Gasteiger partial charge on any atom is 0.311 e. The molecule has 1 heterocycles. The van der Waals surface area contributed by atoms with E-state index in [0.717, 1.165) is 11.3 Å². The molecule has 0 saturated carbocycles. The van der Waals surface area contributed by atoms with Gasteiger partial charge in [-0.25, -0.2) is 10.8 Å². The van der Waals surface area contributed by atoms with Crippen LogP contribution in [-0.4, -0.2) is 9.91 Å². The van der Waals surface area contributed by atoms with Gasteiger partial charge in [-0.2, -0.15) is 0 Å². The number of aromatic nitrogens is 1. The molecule has 0 aliphatic heterocycles. The molecule has 0 amide bonds. The zero-order chi connectivity index (χ0) is 13.8. The molecule has 0 unspecified atom stereocenters. The second kappa shape index (κ2) is 5.32. The number of benzene rings is 1. The van der Waals surface area contributed by atoms with E-state index in [0.29, 0.717) is 5.82 Å². The number of nitrogens with zero attached hydrogens (tertiary/aromatic N) is 2.